The molecule has 186 valence electrons. The van der Waals surface area contributed by atoms with E-state index in [4.69, 9.17) is 4.74 Å². The van der Waals surface area contributed by atoms with Crippen LogP contribution in [0.2, 0.25) is 0 Å². The number of carbonyl (C=O) groups excluding carboxylic acids is 1. The van der Waals surface area contributed by atoms with Crippen LogP contribution in [0.15, 0.2) is 42.5 Å². The van der Waals surface area contributed by atoms with E-state index in [1.807, 2.05) is 17.0 Å². The molecular formula is C29H41FN2O2. The molecule has 0 unspecified atom stereocenters. The van der Waals surface area contributed by atoms with Gasteiger partial charge in [0.05, 0.1) is 0 Å². The molecule has 1 saturated heterocycles. The summed E-state index contributed by atoms with van der Waals surface area (Å²) in [4.78, 5) is 17.4. The number of piperazine rings is 1. The Labute approximate surface area is 205 Å². The van der Waals surface area contributed by atoms with Gasteiger partial charge in [0.1, 0.15) is 11.6 Å². The summed E-state index contributed by atoms with van der Waals surface area (Å²) >= 11 is 0. The van der Waals surface area contributed by atoms with Gasteiger partial charge in [-0.05, 0) is 65.6 Å². The average Bonchev–Trinajstić information content (AvgIpc) is 2.74. The molecule has 2 aromatic rings. The lowest BCUT2D eigenvalue weighted by molar-refractivity contribution is -0.139. The maximum absolute atomic E-state index is 13.2. The van der Waals surface area contributed by atoms with Crippen LogP contribution in [0.3, 0.4) is 0 Å². The van der Waals surface area contributed by atoms with Crippen molar-refractivity contribution in [2.45, 2.75) is 84.8 Å². The van der Waals surface area contributed by atoms with Crippen molar-refractivity contribution in [3.63, 3.8) is 0 Å². The first-order valence-electron chi connectivity index (χ1n) is 12.3. The first-order chi connectivity index (χ1) is 15.7. The van der Waals surface area contributed by atoms with Crippen LogP contribution < -0.4 is 4.74 Å². The van der Waals surface area contributed by atoms with Gasteiger partial charge in [-0.25, -0.2) is 4.39 Å². The van der Waals surface area contributed by atoms with Crippen molar-refractivity contribution in [3.05, 3.63) is 65.0 Å². The first-order valence-corrected chi connectivity index (χ1v) is 12.3. The van der Waals surface area contributed by atoms with Gasteiger partial charge in [-0.1, -0.05) is 59.7 Å². The average molecular weight is 469 g/mol. The Morgan fingerprint density at radius 1 is 0.912 bits per heavy atom. The fourth-order valence-electron chi connectivity index (χ4n) is 4.37. The third kappa shape index (κ3) is 6.59. The Bertz CT molecular complexity index is 956. The number of benzene rings is 2. The van der Waals surface area contributed by atoms with Gasteiger partial charge in [-0.15, -0.1) is 0 Å². The summed E-state index contributed by atoms with van der Waals surface area (Å²) < 4.78 is 19.3. The summed E-state index contributed by atoms with van der Waals surface area (Å²) in [7, 11) is 0. The number of amides is 1. The predicted molar refractivity (Wildman–Crippen MR) is 137 cm³/mol. The highest BCUT2D eigenvalue weighted by molar-refractivity contribution is 5.78. The fourth-order valence-corrected chi connectivity index (χ4v) is 4.37. The van der Waals surface area contributed by atoms with Gasteiger partial charge in [0.25, 0.3) is 5.91 Å². The van der Waals surface area contributed by atoms with Gasteiger partial charge < -0.3 is 9.64 Å². The van der Waals surface area contributed by atoms with Gasteiger partial charge >= 0.3 is 0 Å². The Morgan fingerprint density at radius 2 is 1.47 bits per heavy atom. The van der Waals surface area contributed by atoms with Crippen molar-refractivity contribution in [1.82, 2.24) is 9.80 Å². The van der Waals surface area contributed by atoms with Crippen molar-refractivity contribution in [3.8, 4) is 5.75 Å². The van der Waals surface area contributed by atoms with Gasteiger partial charge in [0.2, 0.25) is 0 Å². The summed E-state index contributed by atoms with van der Waals surface area (Å²) in [5.74, 6) is 0.545. The highest BCUT2D eigenvalue weighted by atomic mass is 19.1. The maximum Gasteiger partial charge on any atom is 0.260 e. The van der Waals surface area contributed by atoms with Gasteiger partial charge in [-0.3, -0.25) is 9.69 Å². The molecule has 0 aromatic heterocycles. The lowest BCUT2D eigenvalue weighted by Gasteiger charge is -2.44. The SMILES string of the molecule is C[C@@H]1CN(C(=O)COc2cc(C(C)(C)C)cc(C(C)(C)C)c2)[C@@H](C)CN1Cc1ccc(F)cc1. The van der Waals surface area contributed by atoms with Crippen LogP contribution in [0.1, 0.15) is 72.1 Å². The molecule has 0 saturated carbocycles. The van der Waals surface area contributed by atoms with Crippen LogP contribution >= 0.6 is 0 Å². The molecule has 0 spiro atoms. The minimum absolute atomic E-state index is 0.00578. The third-order valence-corrected chi connectivity index (χ3v) is 6.74. The molecule has 5 heteroatoms. The second-order valence-corrected chi connectivity index (χ2v) is 11.8. The van der Waals surface area contributed by atoms with Crippen LogP contribution in [-0.4, -0.2) is 47.5 Å². The second-order valence-electron chi connectivity index (χ2n) is 11.8. The van der Waals surface area contributed by atoms with E-state index in [9.17, 15) is 9.18 Å². The van der Waals surface area contributed by atoms with E-state index < -0.39 is 0 Å². The number of hydrogen-bond donors (Lipinski definition) is 0. The standard InChI is InChI=1S/C29H41FN2O2/c1-20-17-32(21(2)16-31(20)18-22-9-11-25(30)12-10-22)27(33)19-34-26-14-23(28(3,4)5)13-24(15-26)29(6,7)8/h9-15,20-21H,16-19H2,1-8H3/t20-,21+/m1/s1. The second kappa shape index (κ2) is 10.1. The van der Waals surface area contributed by atoms with Crippen LogP contribution in [0.25, 0.3) is 0 Å². The summed E-state index contributed by atoms with van der Waals surface area (Å²) in [6.45, 7) is 19.6. The van der Waals surface area contributed by atoms with Crippen LogP contribution in [0, 0.1) is 5.82 Å². The molecule has 2 aromatic carbocycles. The molecule has 1 aliphatic heterocycles. The molecule has 2 atom stereocenters. The zero-order valence-corrected chi connectivity index (χ0v) is 22.1. The molecular weight excluding hydrogens is 427 g/mol. The lowest BCUT2D eigenvalue weighted by atomic mass is 9.80. The number of hydrogen-bond acceptors (Lipinski definition) is 3. The lowest BCUT2D eigenvalue weighted by Crippen LogP contribution is -2.58. The Hall–Kier alpha value is -2.40. The zero-order valence-electron chi connectivity index (χ0n) is 22.1. The van der Waals surface area contributed by atoms with Gasteiger partial charge in [-0.2, -0.15) is 0 Å². The molecule has 1 aliphatic rings. The molecule has 0 aliphatic carbocycles. The number of halogens is 1. The maximum atomic E-state index is 13.2. The van der Waals surface area contributed by atoms with Crippen molar-refractivity contribution in [1.29, 1.82) is 0 Å². The van der Waals surface area contributed by atoms with Crippen LogP contribution in [0.4, 0.5) is 4.39 Å². The quantitative estimate of drug-likeness (QED) is 0.546. The van der Waals surface area contributed by atoms with E-state index in [1.54, 1.807) is 0 Å². The zero-order chi connectivity index (χ0) is 25.3. The summed E-state index contributed by atoms with van der Waals surface area (Å²) in [5.41, 5.74) is 3.48. The molecule has 0 radical (unpaired) electrons. The minimum atomic E-state index is -0.219. The Balaban J connectivity index is 1.65. The number of nitrogens with zero attached hydrogens (tertiary/aromatic N) is 2. The minimum Gasteiger partial charge on any atom is -0.484 e. The topological polar surface area (TPSA) is 32.8 Å². The van der Waals surface area contributed by atoms with Gasteiger partial charge in [0.15, 0.2) is 6.61 Å². The van der Waals surface area contributed by atoms with Crippen LogP contribution in [0.5, 0.6) is 5.75 Å². The highest BCUT2D eigenvalue weighted by Crippen LogP contribution is 2.33. The molecule has 0 N–H and O–H groups in total. The smallest absolute Gasteiger partial charge is 0.260 e. The molecule has 1 fully saturated rings. The van der Waals surface area contributed by atoms with E-state index in [0.29, 0.717) is 6.54 Å². The molecule has 3 rings (SSSR count). The normalized spacial score (nSPS) is 19.9. The van der Waals surface area contributed by atoms with Crippen LogP contribution in [-0.2, 0) is 22.2 Å². The molecule has 1 heterocycles. The van der Waals surface area contributed by atoms with Crippen molar-refractivity contribution in [2.24, 2.45) is 0 Å². The number of rotatable bonds is 5. The van der Waals surface area contributed by atoms with E-state index in [0.717, 1.165) is 24.4 Å². The summed E-state index contributed by atoms with van der Waals surface area (Å²) in [6, 6.07) is 13.3. The molecule has 34 heavy (non-hydrogen) atoms. The Morgan fingerprint density at radius 3 is 2.00 bits per heavy atom. The van der Waals surface area contributed by atoms with E-state index in [1.165, 1.54) is 23.3 Å². The highest BCUT2D eigenvalue weighted by Gasteiger charge is 2.32. The number of carbonyl (C=O) groups is 1. The Kier molecular flexibility index (Phi) is 7.76. The third-order valence-electron chi connectivity index (χ3n) is 6.74. The largest absolute Gasteiger partial charge is 0.484 e. The fraction of sp³-hybridized carbons (Fsp3) is 0.552. The van der Waals surface area contributed by atoms with E-state index >= 15 is 0 Å². The summed E-state index contributed by atoms with van der Waals surface area (Å²) in [6.07, 6.45) is 0. The van der Waals surface area contributed by atoms with E-state index in [-0.39, 0.29) is 41.2 Å². The molecule has 1 amide bonds. The number of ether oxygens (including phenoxy) is 1. The molecule has 0 bridgehead atoms. The van der Waals surface area contributed by atoms with Crippen molar-refractivity contribution < 1.29 is 13.9 Å². The van der Waals surface area contributed by atoms with Crippen molar-refractivity contribution in [2.75, 3.05) is 19.7 Å². The molecule has 4 nitrogen and oxygen atoms in total. The predicted octanol–water partition coefficient (Wildman–Crippen LogP) is 5.92. The first kappa shape index (κ1) is 26.2. The van der Waals surface area contributed by atoms with Gasteiger partial charge in [0, 0.05) is 31.7 Å². The summed E-state index contributed by atoms with van der Waals surface area (Å²) in [5, 5.41) is 0. The van der Waals surface area contributed by atoms with Crippen molar-refractivity contribution >= 4 is 5.91 Å². The monoisotopic (exact) mass is 468 g/mol. The van der Waals surface area contributed by atoms with E-state index in [2.05, 4.69) is 78.5 Å².